The van der Waals surface area contributed by atoms with E-state index >= 15 is 0 Å². The van der Waals surface area contributed by atoms with Crippen molar-refractivity contribution in [1.29, 1.82) is 0 Å². The van der Waals surface area contributed by atoms with Gasteiger partial charge in [0, 0.05) is 17.7 Å². The number of hydrogen-bond acceptors (Lipinski definition) is 3. The molecule has 0 spiro atoms. The molecule has 2 nitrogen and oxygen atoms in total. The van der Waals surface area contributed by atoms with Crippen LogP contribution in [0.5, 0.6) is 0 Å². The second kappa shape index (κ2) is 8.40. The fourth-order valence-electron chi connectivity index (χ4n) is 2.13. The van der Waals surface area contributed by atoms with Gasteiger partial charge in [-0.25, -0.2) is 4.98 Å². The zero-order chi connectivity index (χ0) is 15.1. The maximum absolute atomic E-state index is 4.88. The normalized spacial score (nSPS) is 12.7. The SMILES string of the molecule is CCCNCc1cc2ccccc2nc1SCC(C)CC. The molecule has 114 valence electrons. The molecule has 0 aliphatic rings. The van der Waals surface area contributed by atoms with Gasteiger partial charge in [-0.05, 0) is 36.6 Å². The van der Waals surface area contributed by atoms with Crippen molar-refractivity contribution in [2.24, 2.45) is 5.92 Å². The van der Waals surface area contributed by atoms with Crippen LogP contribution in [0.1, 0.15) is 39.2 Å². The molecule has 1 aromatic heterocycles. The molecule has 1 heterocycles. The van der Waals surface area contributed by atoms with Crippen molar-refractivity contribution in [2.45, 2.75) is 45.2 Å². The van der Waals surface area contributed by atoms with E-state index in [0.29, 0.717) is 0 Å². The Morgan fingerprint density at radius 2 is 2.05 bits per heavy atom. The molecule has 1 unspecified atom stereocenters. The van der Waals surface area contributed by atoms with Gasteiger partial charge in [-0.1, -0.05) is 45.4 Å². The topological polar surface area (TPSA) is 24.9 Å². The van der Waals surface area contributed by atoms with Crippen molar-refractivity contribution in [2.75, 3.05) is 12.3 Å². The van der Waals surface area contributed by atoms with E-state index in [4.69, 9.17) is 4.98 Å². The van der Waals surface area contributed by atoms with Crippen LogP contribution in [0.3, 0.4) is 0 Å². The summed E-state index contributed by atoms with van der Waals surface area (Å²) >= 11 is 1.90. The van der Waals surface area contributed by atoms with Crippen molar-refractivity contribution in [3.05, 3.63) is 35.9 Å². The summed E-state index contributed by atoms with van der Waals surface area (Å²) in [6, 6.07) is 10.7. The summed E-state index contributed by atoms with van der Waals surface area (Å²) in [7, 11) is 0. The van der Waals surface area contributed by atoms with E-state index in [1.165, 1.54) is 22.4 Å². The summed E-state index contributed by atoms with van der Waals surface area (Å²) in [6.07, 6.45) is 2.39. The van der Waals surface area contributed by atoms with Crippen molar-refractivity contribution >= 4 is 22.7 Å². The number of nitrogens with zero attached hydrogens (tertiary/aromatic N) is 1. The molecule has 0 aliphatic heterocycles. The first-order valence-corrected chi connectivity index (χ1v) is 8.95. The molecule has 0 fully saturated rings. The van der Waals surface area contributed by atoms with Crippen LogP contribution < -0.4 is 5.32 Å². The summed E-state index contributed by atoms with van der Waals surface area (Å²) in [5, 5.41) is 5.93. The molecule has 0 radical (unpaired) electrons. The average molecular weight is 302 g/mol. The van der Waals surface area contributed by atoms with Crippen LogP contribution in [0.4, 0.5) is 0 Å². The Kier molecular flexibility index (Phi) is 6.52. The molecular weight excluding hydrogens is 276 g/mol. The Balaban J connectivity index is 2.22. The van der Waals surface area contributed by atoms with Crippen LogP contribution in [-0.4, -0.2) is 17.3 Å². The van der Waals surface area contributed by atoms with Gasteiger partial charge in [0.2, 0.25) is 0 Å². The molecule has 0 amide bonds. The van der Waals surface area contributed by atoms with Crippen LogP contribution in [0, 0.1) is 5.92 Å². The third-order valence-corrected chi connectivity index (χ3v) is 5.07. The zero-order valence-electron chi connectivity index (χ0n) is 13.4. The number of hydrogen-bond donors (Lipinski definition) is 1. The molecule has 0 saturated carbocycles. The van der Waals surface area contributed by atoms with E-state index in [1.807, 2.05) is 11.8 Å². The lowest BCUT2D eigenvalue weighted by Crippen LogP contribution is -2.15. The van der Waals surface area contributed by atoms with Crippen molar-refractivity contribution in [3.8, 4) is 0 Å². The van der Waals surface area contributed by atoms with Gasteiger partial charge in [0.25, 0.3) is 0 Å². The third kappa shape index (κ3) is 4.72. The molecule has 1 N–H and O–H groups in total. The fourth-order valence-corrected chi connectivity index (χ4v) is 3.29. The van der Waals surface area contributed by atoms with E-state index in [1.54, 1.807) is 0 Å². The van der Waals surface area contributed by atoms with Crippen molar-refractivity contribution in [1.82, 2.24) is 10.3 Å². The highest BCUT2D eigenvalue weighted by molar-refractivity contribution is 7.99. The Hall–Kier alpha value is -1.06. The summed E-state index contributed by atoms with van der Waals surface area (Å²) in [4.78, 5) is 4.88. The van der Waals surface area contributed by atoms with Crippen LogP contribution in [0.25, 0.3) is 10.9 Å². The first kappa shape index (κ1) is 16.3. The molecule has 2 rings (SSSR count). The van der Waals surface area contributed by atoms with Crippen LogP contribution >= 0.6 is 11.8 Å². The van der Waals surface area contributed by atoms with Gasteiger partial charge in [0.15, 0.2) is 0 Å². The minimum atomic E-state index is 0.736. The molecule has 1 aromatic carbocycles. The smallest absolute Gasteiger partial charge is 0.101 e. The molecule has 21 heavy (non-hydrogen) atoms. The average Bonchev–Trinajstić information content (AvgIpc) is 2.52. The monoisotopic (exact) mass is 302 g/mol. The van der Waals surface area contributed by atoms with E-state index < -0.39 is 0 Å². The van der Waals surface area contributed by atoms with Crippen LogP contribution in [0.2, 0.25) is 0 Å². The molecular formula is C18H26N2S. The second-order valence-electron chi connectivity index (χ2n) is 5.65. The number of benzene rings is 1. The fraction of sp³-hybridized carbons (Fsp3) is 0.500. The number of pyridine rings is 1. The lowest BCUT2D eigenvalue weighted by Gasteiger charge is -2.13. The third-order valence-electron chi connectivity index (χ3n) is 3.71. The standard InChI is InChI=1S/C18H26N2S/c1-4-10-19-12-16-11-15-8-6-7-9-17(15)20-18(16)21-13-14(3)5-2/h6-9,11,14,19H,4-5,10,12-13H2,1-3H3. The van der Waals surface area contributed by atoms with E-state index in [0.717, 1.165) is 36.7 Å². The Morgan fingerprint density at radius 1 is 1.24 bits per heavy atom. The lowest BCUT2D eigenvalue weighted by molar-refractivity contribution is 0.635. The first-order valence-electron chi connectivity index (χ1n) is 7.96. The molecule has 1 atom stereocenters. The minimum absolute atomic E-state index is 0.736. The highest BCUT2D eigenvalue weighted by Crippen LogP contribution is 2.27. The van der Waals surface area contributed by atoms with Gasteiger partial charge in [-0.2, -0.15) is 0 Å². The Bertz CT molecular complexity index is 568. The number of fused-ring (bicyclic) bond motifs is 1. The highest BCUT2D eigenvalue weighted by atomic mass is 32.2. The molecule has 3 heteroatoms. The number of rotatable bonds is 8. The van der Waals surface area contributed by atoms with Gasteiger partial charge in [0.1, 0.15) is 5.03 Å². The first-order chi connectivity index (χ1) is 10.2. The number of para-hydroxylation sites is 1. The molecule has 0 aliphatic carbocycles. The number of thioether (sulfide) groups is 1. The largest absolute Gasteiger partial charge is 0.313 e. The highest BCUT2D eigenvalue weighted by Gasteiger charge is 2.09. The van der Waals surface area contributed by atoms with E-state index in [2.05, 4.69) is 56.4 Å². The van der Waals surface area contributed by atoms with Gasteiger partial charge in [-0.3, -0.25) is 0 Å². The van der Waals surface area contributed by atoms with E-state index in [9.17, 15) is 0 Å². The molecule has 2 aromatic rings. The maximum Gasteiger partial charge on any atom is 0.101 e. The van der Waals surface area contributed by atoms with Gasteiger partial charge in [0.05, 0.1) is 5.52 Å². The van der Waals surface area contributed by atoms with Gasteiger partial charge >= 0.3 is 0 Å². The van der Waals surface area contributed by atoms with Gasteiger partial charge < -0.3 is 5.32 Å². The zero-order valence-corrected chi connectivity index (χ0v) is 14.2. The van der Waals surface area contributed by atoms with Crippen LogP contribution in [0.15, 0.2) is 35.4 Å². The van der Waals surface area contributed by atoms with Gasteiger partial charge in [-0.15, -0.1) is 11.8 Å². The summed E-state index contributed by atoms with van der Waals surface area (Å²) in [5.41, 5.74) is 2.43. The number of nitrogens with one attached hydrogen (secondary N) is 1. The molecule has 0 bridgehead atoms. The predicted molar refractivity (Wildman–Crippen MR) is 93.9 cm³/mol. The van der Waals surface area contributed by atoms with Crippen LogP contribution in [-0.2, 0) is 6.54 Å². The number of aromatic nitrogens is 1. The van der Waals surface area contributed by atoms with Crippen molar-refractivity contribution in [3.63, 3.8) is 0 Å². The Labute approximate surface area is 132 Å². The summed E-state index contributed by atoms with van der Waals surface area (Å²) in [6.45, 7) is 8.73. The summed E-state index contributed by atoms with van der Waals surface area (Å²) in [5.74, 6) is 1.88. The molecule has 0 saturated heterocycles. The predicted octanol–water partition coefficient (Wildman–Crippen LogP) is 4.87. The quantitative estimate of drug-likeness (QED) is 0.556. The van der Waals surface area contributed by atoms with E-state index in [-0.39, 0.29) is 0 Å². The second-order valence-corrected chi connectivity index (χ2v) is 6.66. The Morgan fingerprint density at radius 3 is 2.81 bits per heavy atom. The maximum atomic E-state index is 4.88. The summed E-state index contributed by atoms with van der Waals surface area (Å²) < 4.78 is 0. The lowest BCUT2D eigenvalue weighted by atomic mass is 10.1. The minimum Gasteiger partial charge on any atom is -0.313 e. The van der Waals surface area contributed by atoms with Crippen molar-refractivity contribution < 1.29 is 0 Å².